The molecule has 0 aliphatic rings. The summed E-state index contributed by atoms with van der Waals surface area (Å²) in [7, 11) is 0. The quantitative estimate of drug-likeness (QED) is 0.680. The molecule has 0 aliphatic heterocycles. The summed E-state index contributed by atoms with van der Waals surface area (Å²) in [5.41, 5.74) is 6.34. The molecule has 0 heterocycles. The Bertz CT molecular complexity index is 556. The van der Waals surface area contributed by atoms with Crippen LogP contribution in [0.25, 0.3) is 0 Å². The van der Waals surface area contributed by atoms with E-state index < -0.39 is 0 Å². The van der Waals surface area contributed by atoms with E-state index in [-0.39, 0.29) is 13.2 Å². The second kappa shape index (κ2) is 11.5. The minimum absolute atomic E-state index is 0.165. The standard InChI is InChI=1S/C12H11NO.C7H17NO2/c13-10-5-4-8-12(9-10)14-11-6-2-1-3-7-11;1-7(2)8(3-5-9)4-6-10/h1-9H,13H2;7,9-10H,3-6H2,1-2H3. The Kier molecular flexibility index (Phi) is 9.53. The summed E-state index contributed by atoms with van der Waals surface area (Å²) >= 11 is 0. The van der Waals surface area contributed by atoms with Crippen LogP contribution in [0.1, 0.15) is 13.8 Å². The van der Waals surface area contributed by atoms with Crippen LogP contribution in [0.5, 0.6) is 11.5 Å². The summed E-state index contributed by atoms with van der Waals surface area (Å²) in [5, 5.41) is 17.2. The zero-order valence-corrected chi connectivity index (χ0v) is 14.4. The van der Waals surface area contributed by atoms with Crippen LogP contribution in [0, 0.1) is 0 Å². The molecule has 0 saturated carbocycles. The number of nitrogens with two attached hydrogens (primary N) is 1. The molecule has 0 amide bonds. The largest absolute Gasteiger partial charge is 0.457 e. The lowest BCUT2D eigenvalue weighted by Crippen LogP contribution is -2.35. The Balaban J connectivity index is 0.000000257. The van der Waals surface area contributed by atoms with E-state index in [0.29, 0.717) is 24.8 Å². The van der Waals surface area contributed by atoms with Crippen molar-refractivity contribution in [3.63, 3.8) is 0 Å². The molecule has 0 spiro atoms. The number of rotatable bonds is 7. The lowest BCUT2D eigenvalue weighted by Gasteiger charge is -2.24. The summed E-state index contributed by atoms with van der Waals surface area (Å²) in [5.74, 6) is 1.58. The number of aliphatic hydroxyl groups is 2. The summed E-state index contributed by atoms with van der Waals surface area (Å²) < 4.78 is 5.58. The van der Waals surface area contributed by atoms with Gasteiger partial charge < -0.3 is 20.7 Å². The molecule has 2 rings (SSSR count). The van der Waals surface area contributed by atoms with Gasteiger partial charge in [-0.15, -0.1) is 0 Å². The fourth-order valence-electron chi connectivity index (χ4n) is 2.09. The number of anilines is 1. The van der Waals surface area contributed by atoms with Gasteiger partial charge in [-0.05, 0) is 38.1 Å². The van der Waals surface area contributed by atoms with Crippen molar-refractivity contribution in [3.8, 4) is 11.5 Å². The van der Waals surface area contributed by atoms with Crippen molar-refractivity contribution in [2.75, 3.05) is 32.0 Å². The molecule has 0 aromatic heterocycles. The SMILES string of the molecule is CC(C)N(CCO)CCO.Nc1cccc(Oc2ccccc2)c1. The number of nitrogens with zero attached hydrogens (tertiary/aromatic N) is 1. The summed E-state index contributed by atoms with van der Waals surface area (Å²) in [6.07, 6.45) is 0. The first-order chi connectivity index (χ1) is 11.6. The molecule has 0 unspecified atom stereocenters. The Morgan fingerprint density at radius 3 is 2.00 bits per heavy atom. The third kappa shape index (κ3) is 7.97. The number of para-hydroxylation sites is 1. The van der Waals surface area contributed by atoms with Gasteiger partial charge in [-0.3, -0.25) is 4.90 Å². The van der Waals surface area contributed by atoms with Crippen molar-refractivity contribution in [3.05, 3.63) is 54.6 Å². The molecule has 2 aromatic rings. The zero-order chi connectivity index (χ0) is 17.8. The zero-order valence-electron chi connectivity index (χ0n) is 14.4. The van der Waals surface area contributed by atoms with Crippen LogP contribution in [-0.4, -0.2) is 47.5 Å². The molecule has 2 aromatic carbocycles. The molecule has 4 N–H and O–H groups in total. The second-order valence-electron chi connectivity index (χ2n) is 5.56. The highest BCUT2D eigenvalue weighted by Gasteiger charge is 2.06. The summed E-state index contributed by atoms with van der Waals surface area (Å²) in [6.45, 7) is 5.73. The Morgan fingerprint density at radius 2 is 1.50 bits per heavy atom. The third-order valence-corrected chi connectivity index (χ3v) is 3.34. The second-order valence-corrected chi connectivity index (χ2v) is 5.56. The molecular formula is C19H28N2O3. The Morgan fingerprint density at radius 1 is 0.917 bits per heavy atom. The van der Waals surface area contributed by atoms with E-state index in [2.05, 4.69) is 0 Å². The fourth-order valence-corrected chi connectivity index (χ4v) is 2.09. The highest BCUT2D eigenvalue weighted by Crippen LogP contribution is 2.22. The predicted molar refractivity (Wildman–Crippen MR) is 98.3 cm³/mol. The van der Waals surface area contributed by atoms with Gasteiger partial charge in [-0.25, -0.2) is 0 Å². The summed E-state index contributed by atoms with van der Waals surface area (Å²) in [4.78, 5) is 2.03. The molecule has 24 heavy (non-hydrogen) atoms. The average molecular weight is 332 g/mol. The van der Waals surface area contributed by atoms with Crippen molar-refractivity contribution < 1.29 is 14.9 Å². The average Bonchev–Trinajstić information content (AvgIpc) is 2.56. The van der Waals surface area contributed by atoms with E-state index in [1.165, 1.54) is 0 Å². The number of hydrogen-bond acceptors (Lipinski definition) is 5. The number of benzene rings is 2. The number of hydrogen-bond donors (Lipinski definition) is 3. The first kappa shape index (κ1) is 20.0. The van der Waals surface area contributed by atoms with Gasteiger partial charge in [0.05, 0.1) is 13.2 Å². The van der Waals surface area contributed by atoms with Gasteiger partial charge in [0, 0.05) is 30.9 Å². The van der Waals surface area contributed by atoms with Gasteiger partial charge in [0.15, 0.2) is 0 Å². The fraction of sp³-hybridized carbons (Fsp3) is 0.368. The van der Waals surface area contributed by atoms with Crippen LogP contribution < -0.4 is 10.5 Å². The normalized spacial score (nSPS) is 10.4. The highest BCUT2D eigenvalue weighted by molar-refractivity contribution is 5.45. The van der Waals surface area contributed by atoms with E-state index in [1.54, 1.807) is 6.07 Å². The maximum absolute atomic E-state index is 8.59. The first-order valence-electron chi connectivity index (χ1n) is 8.11. The van der Waals surface area contributed by atoms with Crippen molar-refractivity contribution in [2.45, 2.75) is 19.9 Å². The molecule has 0 saturated heterocycles. The van der Waals surface area contributed by atoms with Crippen LogP contribution >= 0.6 is 0 Å². The van der Waals surface area contributed by atoms with E-state index in [4.69, 9.17) is 20.7 Å². The Labute approximate surface area is 144 Å². The topological polar surface area (TPSA) is 79.0 Å². The molecule has 0 radical (unpaired) electrons. The third-order valence-electron chi connectivity index (χ3n) is 3.34. The first-order valence-corrected chi connectivity index (χ1v) is 8.11. The number of ether oxygens (including phenoxy) is 1. The van der Waals surface area contributed by atoms with Gasteiger partial charge in [0.1, 0.15) is 11.5 Å². The van der Waals surface area contributed by atoms with Gasteiger partial charge in [0.25, 0.3) is 0 Å². The molecule has 5 heteroatoms. The van der Waals surface area contributed by atoms with Crippen molar-refractivity contribution in [1.29, 1.82) is 0 Å². The van der Waals surface area contributed by atoms with Gasteiger partial charge in [-0.1, -0.05) is 24.3 Å². The predicted octanol–water partition coefficient (Wildman–Crippen LogP) is 2.74. The van der Waals surface area contributed by atoms with Crippen molar-refractivity contribution in [1.82, 2.24) is 4.90 Å². The lowest BCUT2D eigenvalue weighted by atomic mass is 10.3. The van der Waals surface area contributed by atoms with Crippen LogP contribution in [0.2, 0.25) is 0 Å². The van der Waals surface area contributed by atoms with Gasteiger partial charge in [-0.2, -0.15) is 0 Å². The molecular weight excluding hydrogens is 304 g/mol. The number of nitrogen functional groups attached to an aromatic ring is 1. The maximum atomic E-state index is 8.59. The molecule has 0 aliphatic carbocycles. The van der Waals surface area contributed by atoms with Crippen LogP contribution in [0.15, 0.2) is 54.6 Å². The molecule has 0 atom stereocenters. The minimum atomic E-state index is 0.165. The lowest BCUT2D eigenvalue weighted by molar-refractivity contribution is 0.135. The molecule has 132 valence electrons. The number of aliphatic hydroxyl groups excluding tert-OH is 2. The van der Waals surface area contributed by atoms with E-state index in [0.717, 1.165) is 11.5 Å². The minimum Gasteiger partial charge on any atom is -0.457 e. The van der Waals surface area contributed by atoms with E-state index >= 15 is 0 Å². The van der Waals surface area contributed by atoms with Crippen molar-refractivity contribution in [2.24, 2.45) is 0 Å². The van der Waals surface area contributed by atoms with Crippen LogP contribution in [0.3, 0.4) is 0 Å². The molecule has 0 fully saturated rings. The van der Waals surface area contributed by atoms with Crippen LogP contribution in [-0.2, 0) is 0 Å². The molecule has 5 nitrogen and oxygen atoms in total. The van der Waals surface area contributed by atoms with Crippen molar-refractivity contribution >= 4 is 5.69 Å². The van der Waals surface area contributed by atoms with Gasteiger partial charge in [0.2, 0.25) is 0 Å². The maximum Gasteiger partial charge on any atom is 0.129 e. The van der Waals surface area contributed by atoms with Crippen LogP contribution in [0.4, 0.5) is 5.69 Å². The van der Waals surface area contributed by atoms with E-state index in [9.17, 15) is 0 Å². The summed E-state index contributed by atoms with van der Waals surface area (Å²) in [6, 6.07) is 17.4. The molecule has 0 bridgehead atoms. The van der Waals surface area contributed by atoms with E-state index in [1.807, 2.05) is 67.3 Å². The monoisotopic (exact) mass is 332 g/mol. The smallest absolute Gasteiger partial charge is 0.129 e. The highest BCUT2D eigenvalue weighted by atomic mass is 16.5. The Hall–Kier alpha value is -2.08. The van der Waals surface area contributed by atoms with Gasteiger partial charge >= 0.3 is 0 Å².